The largest absolute Gasteiger partial charge is 0.269 e. The molecule has 2 aromatic heterocycles. The van der Waals surface area contributed by atoms with E-state index in [-0.39, 0.29) is 5.56 Å². The Hall–Kier alpha value is -1.16. The topological polar surface area (TPSA) is 34.4 Å². The van der Waals surface area contributed by atoms with E-state index < -0.39 is 0 Å². The van der Waals surface area contributed by atoms with Crippen molar-refractivity contribution in [2.45, 2.75) is 13.3 Å². The summed E-state index contributed by atoms with van der Waals surface area (Å²) in [6.07, 6.45) is 4.09. The lowest BCUT2D eigenvalue weighted by Gasteiger charge is -2.02. The standard InChI is InChI=1S/C10H9BrN2O/c1-2-7-5-12-9-4-3-8(11)6-13(9)10(7)14/h3-6H,2H2,1H3. The number of pyridine rings is 1. The SMILES string of the molecule is CCc1cnc2ccc(Br)cn2c1=O. The maximum absolute atomic E-state index is 11.8. The lowest BCUT2D eigenvalue weighted by atomic mass is 10.2. The first-order valence-electron chi connectivity index (χ1n) is 4.38. The number of hydrogen-bond acceptors (Lipinski definition) is 2. The van der Waals surface area contributed by atoms with Crippen molar-refractivity contribution in [3.63, 3.8) is 0 Å². The van der Waals surface area contributed by atoms with Gasteiger partial charge in [0.15, 0.2) is 0 Å². The summed E-state index contributed by atoms with van der Waals surface area (Å²) in [4.78, 5) is 16.0. The Balaban J connectivity index is 2.87. The van der Waals surface area contributed by atoms with Crippen LogP contribution in [0.3, 0.4) is 0 Å². The number of halogens is 1. The minimum atomic E-state index is 0.0128. The van der Waals surface area contributed by atoms with Gasteiger partial charge in [0.05, 0.1) is 0 Å². The third-order valence-electron chi connectivity index (χ3n) is 2.12. The molecule has 0 N–H and O–H groups in total. The molecule has 0 aliphatic carbocycles. The first-order chi connectivity index (χ1) is 6.72. The summed E-state index contributed by atoms with van der Waals surface area (Å²) in [6, 6.07) is 3.68. The van der Waals surface area contributed by atoms with Gasteiger partial charge in [-0.1, -0.05) is 6.92 Å². The van der Waals surface area contributed by atoms with Gasteiger partial charge in [-0.3, -0.25) is 9.20 Å². The molecule has 72 valence electrons. The smallest absolute Gasteiger partial charge is 0.261 e. The number of fused-ring (bicyclic) bond motifs is 1. The van der Waals surface area contributed by atoms with Gasteiger partial charge in [-0.2, -0.15) is 0 Å². The minimum absolute atomic E-state index is 0.0128. The molecule has 2 heterocycles. The molecule has 0 aliphatic rings. The van der Waals surface area contributed by atoms with Crippen molar-refractivity contribution in [3.8, 4) is 0 Å². The molecule has 0 unspecified atom stereocenters. The van der Waals surface area contributed by atoms with E-state index in [2.05, 4.69) is 20.9 Å². The Kier molecular flexibility index (Phi) is 2.37. The van der Waals surface area contributed by atoms with Crippen molar-refractivity contribution in [3.05, 3.63) is 44.9 Å². The molecule has 0 atom stereocenters. The minimum Gasteiger partial charge on any atom is -0.269 e. The number of aryl methyl sites for hydroxylation is 1. The summed E-state index contributed by atoms with van der Waals surface area (Å²) < 4.78 is 2.44. The fourth-order valence-corrected chi connectivity index (χ4v) is 1.67. The highest BCUT2D eigenvalue weighted by Gasteiger charge is 2.02. The summed E-state index contributed by atoms with van der Waals surface area (Å²) in [5.74, 6) is 0. The Bertz CT molecular complexity index is 533. The molecule has 0 saturated heterocycles. The van der Waals surface area contributed by atoms with Gasteiger partial charge in [-0.25, -0.2) is 4.98 Å². The Morgan fingerprint density at radius 1 is 1.50 bits per heavy atom. The Labute approximate surface area is 89.5 Å². The lowest BCUT2D eigenvalue weighted by molar-refractivity contribution is 0.964. The fraction of sp³-hybridized carbons (Fsp3) is 0.200. The van der Waals surface area contributed by atoms with Crippen molar-refractivity contribution in [2.24, 2.45) is 0 Å². The first-order valence-corrected chi connectivity index (χ1v) is 5.17. The maximum atomic E-state index is 11.8. The van der Waals surface area contributed by atoms with Gasteiger partial charge in [0.1, 0.15) is 5.65 Å². The number of aromatic nitrogens is 2. The van der Waals surface area contributed by atoms with Crippen LogP contribution in [-0.4, -0.2) is 9.38 Å². The molecule has 0 fully saturated rings. The van der Waals surface area contributed by atoms with Crippen LogP contribution in [0, 0.1) is 0 Å². The summed E-state index contributed by atoms with van der Waals surface area (Å²) in [5.41, 5.74) is 1.43. The predicted octanol–water partition coefficient (Wildman–Crippen LogP) is 2.02. The van der Waals surface area contributed by atoms with E-state index in [1.54, 1.807) is 16.8 Å². The maximum Gasteiger partial charge on any atom is 0.261 e. The van der Waals surface area contributed by atoms with E-state index in [0.29, 0.717) is 12.1 Å². The molecule has 0 amide bonds. The van der Waals surface area contributed by atoms with Crippen LogP contribution in [0.15, 0.2) is 33.8 Å². The predicted molar refractivity (Wildman–Crippen MR) is 58.5 cm³/mol. The average molecular weight is 253 g/mol. The van der Waals surface area contributed by atoms with E-state index in [0.717, 1.165) is 10.0 Å². The quantitative estimate of drug-likeness (QED) is 0.779. The zero-order valence-electron chi connectivity index (χ0n) is 7.70. The second-order valence-electron chi connectivity index (χ2n) is 3.02. The molecule has 0 spiro atoms. The number of rotatable bonds is 1. The molecule has 0 saturated carbocycles. The normalized spacial score (nSPS) is 10.7. The molecule has 2 aromatic rings. The molecular formula is C10H9BrN2O. The van der Waals surface area contributed by atoms with Crippen LogP contribution < -0.4 is 5.56 Å². The Morgan fingerprint density at radius 2 is 2.29 bits per heavy atom. The van der Waals surface area contributed by atoms with Gasteiger partial charge >= 0.3 is 0 Å². The highest BCUT2D eigenvalue weighted by molar-refractivity contribution is 9.10. The van der Waals surface area contributed by atoms with E-state index in [9.17, 15) is 4.79 Å². The summed E-state index contributed by atoms with van der Waals surface area (Å²) in [5, 5.41) is 0. The van der Waals surface area contributed by atoms with Gasteiger partial charge < -0.3 is 0 Å². The summed E-state index contributed by atoms with van der Waals surface area (Å²) in [7, 11) is 0. The van der Waals surface area contributed by atoms with Gasteiger partial charge in [0.25, 0.3) is 5.56 Å². The molecule has 0 aliphatic heterocycles. The highest BCUT2D eigenvalue weighted by Crippen LogP contribution is 2.09. The highest BCUT2D eigenvalue weighted by atomic mass is 79.9. The van der Waals surface area contributed by atoms with Gasteiger partial charge in [0, 0.05) is 22.4 Å². The summed E-state index contributed by atoms with van der Waals surface area (Å²) >= 11 is 3.33. The van der Waals surface area contributed by atoms with Crippen LogP contribution in [0.2, 0.25) is 0 Å². The zero-order valence-corrected chi connectivity index (χ0v) is 9.28. The van der Waals surface area contributed by atoms with Crippen molar-refractivity contribution < 1.29 is 0 Å². The molecule has 0 radical (unpaired) electrons. The second-order valence-corrected chi connectivity index (χ2v) is 3.93. The van der Waals surface area contributed by atoms with Crippen molar-refractivity contribution in [1.29, 1.82) is 0 Å². The van der Waals surface area contributed by atoms with E-state index in [4.69, 9.17) is 0 Å². The molecule has 14 heavy (non-hydrogen) atoms. The van der Waals surface area contributed by atoms with Crippen molar-refractivity contribution in [1.82, 2.24) is 9.38 Å². The van der Waals surface area contributed by atoms with Gasteiger partial charge in [-0.15, -0.1) is 0 Å². The van der Waals surface area contributed by atoms with Crippen LogP contribution >= 0.6 is 15.9 Å². The van der Waals surface area contributed by atoms with Crippen LogP contribution in [-0.2, 0) is 6.42 Å². The van der Waals surface area contributed by atoms with Crippen LogP contribution in [0.25, 0.3) is 5.65 Å². The molecule has 3 nitrogen and oxygen atoms in total. The van der Waals surface area contributed by atoms with Crippen molar-refractivity contribution >= 4 is 21.6 Å². The molecule has 4 heteroatoms. The van der Waals surface area contributed by atoms with E-state index >= 15 is 0 Å². The first kappa shape index (κ1) is 9.40. The lowest BCUT2D eigenvalue weighted by Crippen LogP contribution is -2.18. The number of nitrogens with zero attached hydrogens (tertiary/aromatic N) is 2. The molecule has 0 aromatic carbocycles. The second kappa shape index (κ2) is 3.53. The molecule has 0 bridgehead atoms. The third kappa shape index (κ3) is 1.46. The van der Waals surface area contributed by atoms with E-state index in [1.807, 2.05) is 19.1 Å². The molecular weight excluding hydrogens is 244 g/mol. The molecule has 2 rings (SSSR count). The third-order valence-corrected chi connectivity index (χ3v) is 2.59. The van der Waals surface area contributed by atoms with Gasteiger partial charge in [0.2, 0.25) is 0 Å². The van der Waals surface area contributed by atoms with Crippen LogP contribution in [0.1, 0.15) is 12.5 Å². The zero-order chi connectivity index (χ0) is 10.1. The van der Waals surface area contributed by atoms with E-state index in [1.165, 1.54) is 0 Å². The van der Waals surface area contributed by atoms with Gasteiger partial charge in [-0.05, 0) is 34.5 Å². The number of hydrogen-bond donors (Lipinski definition) is 0. The fourth-order valence-electron chi connectivity index (χ4n) is 1.33. The average Bonchev–Trinajstić information content (AvgIpc) is 2.20. The van der Waals surface area contributed by atoms with Crippen LogP contribution in [0.5, 0.6) is 0 Å². The monoisotopic (exact) mass is 252 g/mol. The van der Waals surface area contributed by atoms with Crippen molar-refractivity contribution in [2.75, 3.05) is 0 Å². The Morgan fingerprint density at radius 3 is 3.00 bits per heavy atom. The summed E-state index contributed by atoms with van der Waals surface area (Å²) in [6.45, 7) is 1.95. The van der Waals surface area contributed by atoms with Crippen LogP contribution in [0.4, 0.5) is 0 Å².